The summed E-state index contributed by atoms with van der Waals surface area (Å²) in [5.41, 5.74) is 0. The molecule has 0 amide bonds. The molecule has 1 aromatic rings. The van der Waals surface area contributed by atoms with Gasteiger partial charge in [-0.2, -0.15) is 13.8 Å². The normalized spacial score (nSPS) is 9.87. The monoisotopic (exact) mass is 279 g/mol. The van der Waals surface area contributed by atoms with Crippen LogP contribution in [0.4, 0.5) is 13.2 Å². The van der Waals surface area contributed by atoms with E-state index in [0.29, 0.717) is 0 Å². The summed E-state index contributed by atoms with van der Waals surface area (Å²) >= 11 is 9.98. The third kappa shape index (κ3) is 4.81. The smallest absolute Gasteiger partial charge is 0.237 e. The average Bonchev–Trinajstić information content (AvgIpc) is 2.11. The Balaban J connectivity index is 0.000000423. The lowest BCUT2D eigenvalue weighted by Gasteiger charge is -1.97. The summed E-state index contributed by atoms with van der Waals surface area (Å²) in [4.78, 5) is 2.60. The Morgan fingerprint density at radius 3 is 1.60 bits per heavy atom. The summed E-state index contributed by atoms with van der Waals surface area (Å²) in [5.74, 6) is -4.16. The zero-order chi connectivity index (χ0) is 12.2. The molecule has 2 nitrogen and oxygen atoms in total. The Morgan fingerprint density at radius 1 is 1.07 bits per heavy atom. The topological polar surface area (TPSA) is 30.0 Å². The van der Waals surface area contributed by atoms with Crippen LogP contribution in [0, 0.1) is 17.7 Å². The average molecular weight is 280 g/mol. The highest BCUT2D eigenvalue weighted by molar-refractivity contribution is 7.83. The molecule has 86 valence electrons. The van der Waals surface area contributed by atoms with Crippen molar-refractivity contribution < 1.29 is 17.4 Å². The van der Waals surface area contributed by atoms with Crippen LogP contribution in [0.25, 0.3) is 0 Å². The first-order valence-corrected chi connectivity index (χ1v) is 6.10. The van der Waals surface area contributed by atoms with Crippen molar-refractivity contribution in [2.45, 2.75) is 0 Å². The molecule has 0 radical (unpaired) electrons. The lowest BCUT2D eigenvalue weighted by molar-refractivity contribution is 0.488. The second kappa shape index (κ2) is 6.30. The summed E-state index contributed by atoms with van der Waals surface area (Å²) in [7, 11) is -0.611. The number of nitrogens with zero attached hydrogens (tertiary/aromatic N) is 1. The van der Waals surface area contributed by atoms with Gasteiger partial charge in [0.1, 0.15) is 10.0 Å². The van der Waals surface area contributed by atoms with Gasteiger partial charge < -0.3 is 0 Å². The molecule has 8 heteroatoms. The van der Waals surface area contributed by atoms with E-state index < -0.39 is 38.6 Å². The van der Waals surface area contributed by atoms with E-state index in [9.17, 15) is 17.4 Å². The molecule has 0 aliphatic carbocycles. The van der Waals surface area contributed by atoms with Crippen LogP contribution in [0.2, 0.25) is 10.0 Å². The number of hydrogen-bond donors (Lipinski definition) is 0. The molecule has 0 aromatic carbocycles. The maximum absolute atomic E-state index is 12.5. The molecule has 0 aliphatic rings. The van der Waals surface area contributed by atoms with Crippen LogP contribution >= 0.6 is 23.2 Å². The van der Waals surface area contributed by atoms with Crippen LogP contribution in [0.1, 0.15) is 0 Å². The summed E-state index contributed by atoms with van der Waals surface area (Å²) in [6, 6.07) is 0. The van der Waals surface area contributed by atoms with Crippen LogP contribution in [0.15, 0.2) is 0 Å². The summed E-state index contributed by atoms with van der Waals surface area (Å²) in [5, 5.41) is -1.81. The molecular weight excluding hydrogens is 274 g/mol. The van der Waals surface area contributed by atoms with Crippen molar-refractivity contribution in [1.29, 1.82) is 0 Å². The van der Waals surface area contributed by atoms with Crippen molar-refractivity contribution in [2.75, 3.05) is 12.5 Å². The first kappa shape index (κ1) is 14.7. The minimum absolute atomic E-state index is 0.611. The second-order valence-corrected chi connectivity index (χ2v) is 4.62. The fourth-order valence-electron chi connectivity index (χ4n) is 0.462. The highest BCUT2D eigenvalue weighted by Gasteiger charge is 2.16. The molecule has 1 rings (SSSR count). The van der Waals surface area contributed by atoms with Crippen molar-refractivity contribution in [1.82, 2.24) is 4.98 Å². The Labute approximate surface area is 96.9 Å². The molecule has 0 bridgehead atoms. The predicted molar refractivity (Wildman–Crippen MR) is 54.1 cm³/mol. The number of hydrogen-bond acceptors (Lipinski definition) is 2. The third-order valence-electron chi connectivity index (χ3n) is 0.944. The van der Waals surface area contributed by atoms with Gasteiger partial charge in [-0.25, -0.2) is 4.39 Å². The van der Waals surface area contributed by atoms with Gasteiger partial charge in [-0.05, 0) is 0 Å². The highest BCUT2D eigenvalue weighted by Crippen LogP contribution is 2.25. The van der Waals surface area contributed by atoms with Crippen molar-refractivity contribution >= 4 is 34.0 Å². The maximum atomic E-state index is 12.5. The molecule has 0 atom stereocenters. The van der Waals surface area contributed by atoms with Crippen molar-refractivity contribution in [3.05, 3.63) is 27.8 Å². The van der Waals surface area contributed by atoms with Gasteiger partial charge in [0.25, 0.3) is 0 Å². The van der Waals surface area contributed by atoms with Gasteiger partial charge in [0.15, 0.2) is 5.82 Å². The van der Waals surface area contributed by atoms with Crippen LogP contribution in [-0.4, -0.2) is 21.7 Å². The standard InChI is InChI=1S/C5Cl2F3N.C2H6OS/c6-1-3(8)2(7)5(10)11-4(1)9;1-4(2)3/h;1-2H3. The fraction of sp³-hybridized carbons (Fsp3) is 0.286. The maximum Gasteiger partial charge on any atom is 0.237 e. The molecule has 0 saturated carbocycles. The van der Waals surface area contributed by atoms with Crippen LogP contribution < -0.4 is 0 Å². The van der Waals surface area contributed by atoms with E-state index in [1.807, 2.05) is 0 Å². The van der Waals surface area contributed by atoms with Gasteiger partial charge in [0.2, 0.25) is 11.9 Å². The van der Waals surface area contributed by atoms with Gasteiger partial charge in [-0.1, -0.05) is 23.2 Å². The van der Waals surface area contributed by atoms with E-state index >= 15 is 0 Å². The van der Waals surface area contributed by atoms with Crippen LogP contribution in [-0.2, 0) is 10.8 Å². The Morgan fingerprint density at radius 2 is 1.33 bits per heavy atom. The molecule has 0 unspecified atom stereocenters. The van der Waals surface area contributed by atoms with E-state index in [1.54, 1.807) is 12.5 Å². The highest BCUT2D eigenvalue weighted by atomic mass is 35.5. The molecule has 0 spiro atoms. The largest absolute Gasteiger partial charge is 0.260 e. The molecule has 0 fully saturated rings. The van der Waals surface area contributed by atoms with Crippen molar-refractivity contribution in [3.8, 4) is 0 Å². The summed E-state index contributed by atoms with van der Waals surface area (Å²) < 4.78 is 46.5. The number of aromatic nitrogens is 1. The van der Waals surface area contributed by atoms with Crippen molar-refractivity contribution in [2.24, 2.45) is 0 Å². The van der Waals surface area contributed by atoms with E-state index in [4.69, 9.17) is 23.2 Å². The van der Waals surface area contributed by atoms with E-state index in [-0.39, 0.29) is 0 Å². The predicted octanol–water partition coefficient (Wildman–Crippen LogP) is 2.80. The molecule has 0 saturated heterocycles. The van der Waals surface area contributed by atoms with Gasteiger partial charge >= 0.3 is 0 Å². The van der Waals surface area contributed by atoms with Gasteiger partial charge in [0.05, 0.1) is 0 Å². The van der Waals surface area contributed by atoms with Gasteiger partial charge in [-0.3, -0.25) is 4.21 Å². The number of halogens is 5. The molecule has 15 heavy (non-hydrogen) atoms. The Kier molecular flexibility index (Phi) is 6.16. The molecule has 0 N–H and O–H groups in total. The third-order valence-corrected chi connectivity index (χ3v) is 1.59. The molecule has 0 aliphatic heterocycles. The lowest BCUT2D eigenvalue weighted by atomic mass is 10.4. The number of rotatable bonds is 0. The first-order valence-electron chi connectivity index (χ1n) is 3.38. The zero-order valence-electron chi connectivity index (χ0n) is 7.65. The molecule has 1 aromatic heterocycles. The van der Waals surface area contributed by atoms with Crippen LogP contribution in [0.3, 0.4) is 0 Å². The molecule has 1 heterocycles. The van der Waals surface area contributed by atoms with E-state index in [0.717, 1.165) is 0 Å². The first-order chi connectivity index (χ1) is 6.77. The summed E-state index contributed by atoms with van der Waals surface area (Å²) in [6.45, 7) is 0. The molecular formula is C7H6Cl2F3NOS. The lowest BCUT2D eigenvalue weighted by Crippen LogP contribution is -1.95. The van der Waals surface area contributed by atoms with Crippen molar-refractivity contribution in [3.63, 3.8) is 0 Å². The van der Waals surface area contributed by atoms with E-state index in [1.165, 1.54) is 0 Å². The van der Waals surface area contributed by atoms with Gasteiger partial charge in [-0.15, -0.1) is 0 Å². The number of pyridine rings is 1. The SMILES string of the molecule is CS(C)=O.Fc1nc(F)c(Cl)c(F)c1Cl. The fourth-order valence-corrected chi connectivity index (χ4v) is 0.784. The zero-order valence-corrected chi connectivity index (χ0v) is 9.98. The Bertz CT molecular complexity index is 359. The minimum Gasteiger partial charge on any atom is -0.260 e. The Hall–Kier alpha value is -0.330. The summed E-state index contributed by atoms with van der Waals surface area (Å²) in [6.07, 6.45) is 3.28. The minimum atomic E-state index is -1.41. The van der Waals surface area contributed by atoms with Gasteiger partial charge in [0, 0.05) is 23.3 Å². The quantitative estimate of drug-likeness (QED) is 0.684. The van der Waals surface area contributed by atoms with E-state index in [2.05, 4.69) is 4.98 Å². The second-order valence-electron chi connectivity index (χ2n) is 2.38. The van der Waals surface area contributed by atoms with Crippen LogP contribution in [0.5, 0.6) is 0 Å².